The van der Waals surface area contributed by atoms with Crippen LogP contribution in [-0.2, 0) is 6.54 Å². The Morgan fingerprint density at radius 1 is 1.07 bits per heavy atom. The van der Waals surface area contributed by atoms with Crippen LogP contribution in [0.3, 0.4) is 0 Å². The summed E-state index contributed by atoms with van der Waals surface area (Å²) < 4.78 is 0. The zero-order valence-electron chi connectivity index (χ0n) is 16.9. The van der Waals surface area contributed by atoms with Gasteiger partial charge in [0.2, 0.25) is 0 Å². The Morgan fingerprint density at radius 3 is 2.45 bits per heavy atom. The van der Waals surface area contributed by atoms with Gasteiger partial charge in [0, 0.05) is 39.1 Å². The molecule has 0 spiro atoms. The average molecular weight is 409 g/mol. The Morgan fingerprint density at radius 2 is 1.83 bits per heavy atom. The van der Waals surface area contributed by atoms with Crippen LogP contribution in [0.5, 0.6) is 0 Å². The topological polar surface area (TPSA) is 48.5 Å². The lowest BCUT2D eigenvalue weighted by Gasteiger charge is -2.23. The van der Waals surface area contributed by atoms with Gasteiger partial charge in [-0.05, 0) is 48.9 Å². The fraction of sp³-hybridized carbons (Fsp3) is 0.217. The number of pyridine rings is 1. The molecular weight excluding hydrogens is 384 g/mol. The number of hydrogen-bond donors (Lipinski definition) is 1. The number of carbonyl (C=O) groups excluding carboxylic acids is 1. The quantitative estimate of drug-likeness (QED) is 0.592. The van der Waals surface area contributed by atoms with E-state index in [1.54, 1.807) is 12.3 Å². The fourth-order valence-corrected chi connectivity index (χ4v) is 3.16. The second-order valence-corrected chi connectivity index (χ2v) is 7.32. The molecule has 0 atom stereocenters. The van der Waals surface area contributed by atoms with E-state index in [-0.39, 0.29) is 5.91 Å². The molecule has 150 valence electrons. The molecule has 1 amide bonds. The summed E-state index contributed by atoms with van der Waals surface area (Å²) in [6, 6.07) is 19.5. The standard InChI is InChI=1S/C23H25ClN4O/c1-4-28(19-8-6-5-7-9-19)16-17-10-12-20(24)21(14-17)26-23(29)18-11-13-22(25-15-18)27(2)3/h5-15H,4,16H2,1-3H3,(H,26,29). The van der Waals surface area contributed by atoms with Crippen molar-refractivity contribution in [1.82, 2.24) is 4.98 Å². The summed E-state index contributed by atoms with van der Waals surface area (Å²) in [5.74, 6) is 0.555. The van der Waals surface area contributed by atoms with E-state index in [1.165, 1.54) is 0 Å². The predicted molar refractivity (Wildman–Crippen MR) is 121 cm³/mol. The van der Waals surface area contributed by atoms with Crippen molar-refractivity contribution in [3.05, 3.63) is 83.0 Å². The lowest BCUT2D eigenvalue weighted by atomic mass is 10.1. The molecule has 0 unspecified atom stereocenters. The van der Waals surface area contributed by atoms with Gasteiger partial charge in [-0.2, -0.15) is 0 Å². The van der Waals surface area contributed by atoms with E-state index in [1.807, 2.05) is 61.5 Å². The molecule has 5 nitrogen and oxygen atoms in total. The molecule has 0 aliphatic heterocycles. The molecule has 0 aliphatic rings. The number of rotatable bonds is 7. The molecule has 1 aromatic heterocycles. The zero-order chi connectivity index (χ0) is 20.8. The van der Waals surface area contributed by atoms with Crippen molar-refractivity contribution in [3.63, 3.8) is 0 Å². The van der Waals surface area contributed by atoms with Crippen LogP contribution in [0.15, 0.2) is 66.9 Å². The maximum Gasteiger partial charge on any atom is 0.257 e. The molecule has 0 saturated carbocycles. The maximum absolute atomic E-state index is 12.6. The Hall–Kier alpha value is -3.05. The molecule has 3 aromatic rings. The van der Waals surface area contributed by atoms with Crippen molar-refractivity contribution in [1.29, 1.82) is 0 Å². The van der Waals surface area contributed by atoms with E-state index in [0.29, 0.717) is 16.3 Å². The highest BCUT2D eigenvalue weighted by Crippen LogP contribution is 2.26. The largest absolute Gasteiger partial charge is 0.367 e. The summed E-state index contributed by atoms with van der Waals surface area (Å²) in [7, 11) is 3.81. The zero-order valence-corrected chi connectivity index (χ0v) is 17.6. The van der Waals surface area contributed by atoms with Crippen molar-refractivity contribution < 1.29 is 4.79 Å². The Kier molecular flexibility index (Phi) is 6.73. The summed E-state index contributed by atoms with van der Waals surface area (Å²) in [4.78, 5) is 21.1. The van der Waals surface area contributed by atoms with Gasteiger partial charge in [0.1, 0.15) is 5.82 Å². The number of nitrogens with zero attached hydrogens (tertiary/aromatic N) is 3. The SMILES string of the molecule is CCN(Cc1ccc(Cl)c(NC(=O)c2ccc(N(C)C)nc2)c1)c1ccccc1. The lowest BCUT2D eigenvalue weighted by molar-refractivity contribution is 0.102. The van der Waals surface area contributed by atoms with Gasteiger partial charge in [-0.3, -0.25) is 4.79 Å². The number of anilines is 3. The summed E-state index contributed by atoms with van der Waals surface area (Å²) in [5, 5.41) is 3.41. The molecule has 1 heterocycles. The minimum atomic E-state index is -0.239. The Balaban J connectivity index is 1.75. The van der Waals surface area contributed by atoms with E-state index in [2.05, 4.69) is 34.3 Å². The minimum absolute atomic E-state index is 0.239. The maximum atomic E-state index is 12.6. The van der Waals surface area contributed by atoms with E-state index < -0.39 is 0 Å². The lowest BCUT2D eigenvalue weighted by Crippen LogP contribution is -2.22. The van der Waals surface area contributed by atoms with Gasteiger partial charge < -0.3 is 15.1 Å². The second-order valence-electron chi connectivity index (χ2n) is 6.92. The Labute approximate surface area is 176 Å². The van der Waals surface area contributed by atoms with Crippen molar-refractivity contribution >= 4 is 34.7 Å². The summed E-state index contributed by atoms with van der Waals surface area (Å²) in [5.41, 5.74) is 3.30. The molecular formula is C23H25ClN4O. The van der Waals surface area contributed by atoms with Crippen LogP contribution in [0.2, 0.25) is 5.02 Å². The molecule has 1 N–H and O–H groups in total. The van der Waals surface area contributed by atoms with E-state index in [0.717, 1.165) is 30.2 Å². The van der Waals surface area contributed by atoms with Crippen LogP contribution in [0.25, 0.3) is 0 Å². The number of amides is 1. The van der Waals surface area contributed by atoms with Crippen LogP contribution in [0.4, 0.5) is 17.2 Å². The van der Waals surface area contributed by atoms with Gasteiger partial charge in [-0.1, -0.05) is 35.9 Å². The average Bonchev–Trinajstić information content (AvgIpc) is 2.74. The van der Waals surface area contributed by atoms with Gasteiger partial charge in [-0.15, -0.1) is 0 Å². The minimum Gasteiger partial charge on any atom is -0.367 e. The van der Waals surface area contributed by atoms with Crippen LogP contribution >= 0.6 is 11.6 Å². The van der Waals surface area contributed by atoms with E-state index >= 15 is 0 Å². The van der Waals surface area contributed by atoms with Crippen LogP contribution in [0.1, 0.15) is 22.8 Å². The van der Waals surface area contributed by atoms with Crippen LogP contribution < -0.4 is 15.1 Å². The molecule has 0 aliphatic carbocycles. The van der Waals surface area contributed by atoms with Gasteiger partial charge in [-0.25, -0.2) is 4.98 Å². The highest BCUT2D eigenvalue weighted by atomic mass is 35.5. The summed E-state index contributed by atoms with van der Waals surface area (Å²) >= 11 is 6.33. The highest BCUT2D eigenvalue weighted by molar-refractivity contribution is 6.34. The molecule has 0 radical (unpaired) electrons. The number of nitrogens with one attached hydrogen (secondary N) is 1. The van der Waals surface area contributed by atoms with Crippen LogP contribution in [-0.4, -0.2) is 31.5 Å². The molecule has 6 heteroatoms. The van der Waals surface area contributed by atoms with Gasteiger partial charge in [0.25, 0.3) is 5.91 Å². The number of carbonyl (C=O) groups is 1. The van der Waals surface area contributed by atoms with Crippen molar-refractivity contribution in [2.75, 3.05) is 35.8 Å². The first kappa shape index (κ1) is 20.7. The molecule has 2 aromatic carbocycles. The summed E-state index contributed by atoms with van der Waals surface area (Å²) in [6.45, 7) is 3.72. The van der Waals surface area contributed by atoms with Crippen LogP contribution in [0, 0.1) is 0 Å². The highest BCUT2D eigenvalue weighted by Gasteiger charge is 2.12. The molecule has 0 fully saturated rings. The predicted octanol–water partition coefficient (Wildman–Crippen LogP) is 5.08. The molecule has 0 saturated heterocycles. The van der Waals surface area contributed by atoms with Gasteiger partial charge in [0.05, 0.1) is 16.3 Å². The molecule has 3 rings (SSSR count). The van der Waals surface area contributed by atoms with E-state index in [9.17, 15) is 4.79 Å². The van der Waals surface area contributed by atoms with E-state index in [4.69, 9.17) is 11.6 Å². The molecule has 29 heavy (non-hydrogen) atoms. The third-order valence-electron chi connectivity index (χ3n) is 4.62. The van der Waals surface area contributed by atoms with Crippen molar-refractivity contribution in [2.24, 2.45) is 0 Å². The number of benzene rings is 2. The number of hydrogen-bond acceptors (Lipinski definition) is 4. The Bertz CT molecular complexity index is 958. The number of para-hydroxylation sites is 1. The van der Waals surface area contributed by atoms with Crippen molar-refractivity contribution in [3.8, 4) is 0 Å². The first-order valence-corrected chi connectivity index (χ1v) is 9.89. The fourth-order valence-electron chi connectivity index (χ4n) is 2.99. The monoisotopic (exact) mass is 408 g/mol. The van der Waals surface area contributed by atoms with Crippen molar-refractivity contribution in [2.45, 2.75) is 13.5 Å². The first-order valence-electron chi connectivity index (χ1n) is 9.51. The second kappa shape index (κ2) is 9.43. The van der Waals surface area contributed by atoms with Gasteiger partial charge >= 0.3 is 0 Å². The third-order valence-corrected chi connectivity index (χ3v) is 4.95. The van der Waals surface area contributed by atoms with Gasteiger partial charge in [0.15, 0.2) is 0 Å². The number of aromatic nitrogens is 1. The smallest absolute Gasteiger partial charge is 0.257 e. The molecule has 0 bridgehead atoms. The normalized spacial score (nSPS) is 10.5. The number of halogens is 1. The third kappa shape index (κ3) is 5.27. The first-order chi connectivity index (χ1) is 14.0. The summed E-state index contributed by atoms with van der Waals surface area (Å²) in [6.07, 6.45) is 1.57.